The Kier molecular flexibility index (Phi) is 6.01. The van der Waals surface area contributed by atoms with E-state index >= 15 is 0 Å². The van der Waals surface area contributed by atoms with Crippen molar-refractivity contribution in [1.29, 1.82) is 0 Å². The quantitative estimate of drug-likeness (QED) is 0.861. The number of hydrogen-bond acceptors (Lipinski definition) is 4. The number of halogens is 1. The fourth-order valence-corrected chi connectivity index (χ4v) is 2.96. The van der Waals surface area contributed by atoms with Crippen LogP contribution >= 0.6 is 0 Å². The molecule has 0 saturated carbocycles. The van der Waals surface area contributed by atoms with E-state index in [0.717, 1.165) is 12.8 Å². The summed E-state index contributed by atoms with van der Waals surface area (Å²) >= 11 is 0. The van der Waals surface area contributed by atoms with Gasteiger partial charge in [0.05, 0.1) is 6.20 Å². The molecule has 0 radical (unpaired) electrons. The third-order valence-electron chi connectivity index (χ3n) is 4.37. The Morgan fingerprint density at radius 2 is 2.31 bits per heavy atom. The van der Waals surface area contributed by atoms with Gasteiger partial charge in [0, 0.05) is 32.4 Å². The van der Waals surface area contributed by atoms with Gasteiger partial charge in [-0.15, -0.1) is 0 Å². The second kappa shape index (κ2) is 8.62. The zero-order valence-corrected chi connectivity index (χ0v) is 14.4. The third-order valence-corrected chi connectivity index (χ3v) is 4.37. The van der Waals surface area contributed by atoms with Gasteiger partial charge in [0.1, 0.15) is 5.75 Å². The summed E-state index contributed by atoms with van der Waals surface area (Å²) < 4.78 is 19.7. The van der Waals surface area contributed by atoms with E-state index in [0.29, 0.717) is 24.4 Å². The van der Waals surface area contributed by atoms with Gasteiger partial charge >= 0.3 is 6.03 Å². The molecule has 2 amide bonds. The molecule has 26 heavy (non-hydrogen) atoms. The number of carbonyl (C=O) groups excluding carboxylic acids is 1. The first kappa shape index (κ1) is 18.1. The van der Waals surface area contributed by atoms with Gasteiger partial charge in [0.15, 0.2) is 11.6 Å². The average Bonchev–Trinajstić information content (AvgIpc) is 2.69. The molecule has 0 spiro atoms. The highest BCUT2D eigenvalue weighted by atomic mass is 19.1. The van der Waals surface area contributed by atoms with E-state index in [2.05, 4.69) is 10.3 Å². The number of benzene rings is 1. The van der Waals surface area contributed by atoms with Crippen molar-refractivity contribution in [3.05, 3.63) is 54.1 Å². The van der Waals surface area contributed by atoms with E-state index in [1.807, 2.05) is 0 Å². The van der Waals surface area contributed by atoms with E-state index in [1.54, 1.807) is 29.3 Å². The first-order valence-electron chi connectivity index (χ1n) is 8.65. The molecule has 7 heteroatoms. The van der Waals surface area contributed by atoms with Crippen molar-refractivity contribution >= 4 is 6.03 Å². The summed E-state index contributed by atoms with van der Waals surface area (Å²) in [6, 6.07) is 7.80. The van der Waals surface area contributed by atoms with Crippen LogP contribution in [0.25, 0.3) is 0 Å². The number of ether oxygens (including phenoxy) is 1. The van der Waals surface area contributed by atoms with Crippen LogP contribution in [0.1, 0.15) is 18.4 Å². The molecular formula is C19H22FN3O3. The number of hydrogen-bond donors (Lipinski definition) is 2. The number of pyridine rings is 1. The number of aliphatic hydroxyl groups excluding tert-OH is 1. The van der Waals surface area contributed by atoms with Crippen LogP contribution in [-0.2, 0) is 6.54 Å². The minimum absolute atomic E-state index is 0.0907. The van der Waals surface area contributed by atoms with Crippen LogP contribution in [-0.4, -0.2) is 40.7 Å². The molecule has 1 aliphatic rings. The van der Waals surface area contributed by atoms with Crippen LogP contribution in [0.4, 0.5) is 9.18 Å². The first-order valence-corrected chi connectivity index (χ1v) is 8.65. The predicted octanol–water partition coefficient (Wildman–Crippen LogP) is 2.93. The minimum Gasteiger partial charge on any atom is -0.453 e. The molecule has 0 bridgehead atoms. The lowest BCUT2D eigenvalue weighted by Crippen LogP contribution is -2.45. The summed E-state index contributed by atoms with van der Waals surface area (Å²) in [5.41, 5.74) is 0.644. The number of aromatic nitrogens is 1. The second-order valence-corrected chi connectivity index (χ2v) is 6.35. The molecule has 1 aromatic carbocycles. The molecule has 6 nitrogen and oxygen atoms in total. The van der Waals surface area contributed by atoms with Crippen molar-refractivity contribution in [2.75, 3.05) is 19.7 Å². The molecule has 138 valence electrons. The zero-order valence-electron chi connectivity index (χ0n) is 14.4. The Bertz CT molecular complexity index is 742. The van der Waals surface area contributed by atoms with E-state index in [1.165, 1.54) is 18.3 Å². The van der Waals surface area contributed by atoms with Crippen molar-refractivity contribution in [2.24, 2.45) is 5.92 Å². The van der Waals surface area contributed by atoms with Gasteiger partial charge in [-0.3, -0.25) is 4.98 Å². The summed E-state index contributed by atoms with van der Waals surface area (Å²) in [5.74, 6) is 0.195. The molecule has 1 atom stereocenters. The van der Waals surface area contributed by atoms with Crippen molar-refractivity contribution in [1.82, 2.24) is 15.2 Å². The Morgan fingerprint density at radius 1 is 1.42 bits per heavy atom. The van der Waals surface area contributed by atoms with Crippen LogP contribution in [0.5, 0.6) is 11.5 Å². The maximum Gasteiger partial charge on any atom is 0.317 e. The van der Waals surface area contributed by atoms with Crippen LogP contribution < -0.4 is 10.1 Å². The van der Waals surface area contributed by atoms with Crippen molar-refractivity contribution in [3.63, 3.8) is 0 Å². The molecule has 3 rings (SSSR count). The molecule has 1 aliphatic heterocycles. The minimum atomic E-state index is -0.501. The first-order chi connectivity index (χ1) is 12.7. The lowest BCUT2D eigenvalue weighted by Gasteiger charge is -2.31. The third kappa shape index (κ3) is 4.70. The smallest absolute Gasteiger partial charge is 0.317 e. The molecule has 0 aliphatic carbocycles. The zero-order chi connectivity index (χ0) is 18.4. The number of carbonyl (C=O) groups is 1. The number of piperidine rings is 1. The Balaban J connectivity index is 1.55. The Morgan fingerprint density at radius 3 is 3.04 bits per heavy atom. The molecule has 2 aromatic rings. The average molecular weight is 359 g/mol. The molecule has 2 N–H and O–H groups in total. The highest BCUT2D eigenvalue weighted by molar-refractivity contribution is 5.74. The molecule has 1 fully saturated rings. The maximum atomic E-state index is 14.2. The monoisotopic (exact) mass is 359 g/mol. The Hall–Kier alpha value is -2.67. The molecule has 1 aromatic heterocycles. The molecule has 1 saturated heterocycles. The van der Waals surface area contributed by atoms with Gasteiger partial charge in [0.25, 0.3) is 0 Å². The van der Waals surface area contributed by atoms with Crippen LogP contribution in [0.3, 0.4) is 0 Å². The van der Waals surface area contributed by atoms with Gasteiger partial charge in [0.2, 0.25) is 0 Å². The Labute approximate surface area is 151 Å². The SMILES string of the molecule is O=C(NCc1ccc(Oc2cccnc2)c(F)c1)N1CCC[C@@H](CO)C1. The highest BCUT2D eigenvalue weighted by Crippen LogP contribution is 2.24. The topological polar surface area (TPSA) is 74.7 Å². The van der Waals surface area contributed by atoms with Gasteiger partial charge < -0.3 is 20.1 Å². The van der Waals surface area contributed by atoms with E-state index in [4.69, 9.17) is 4.74 Å². The second-order valence-electron chi connectivity index (χ2n) is 6.35. The summed E-state index contributed by atoms with van der Waals surface area (Å²) in [6.07, 6.45) is 4.93. The number of amides is 2. The predicted molar refractivity (Wildman–Crippen MR) is 94.3 cm³/mol. The van der Waals surface area contributed by atoms with Crippen molar-refractivity contribution < 1.29 is 19.0 Å². The largest absolute Gasteiger partial charge is 0.453 e. The standard InChI is InChI=1S/C19H22FN3O3/c20-17-9-14(5-6-18(17)26-16-4-1-7-21-11-16)10-22-19(25)23-8-2-3-15(12-23)13-24/h1,4-7,9,11,15,24H,2-3,8,10,12-13H2,(H,22,25)/t15-/m1/s1. The number of urea groups is 1. The van der Waals surface area contributed by atoms with Gasteiger partial charge in [-0.25, -0.2) is 9.18 Å². The maximum absolute atomic E-state index is 14.2. The fourth-order valence-electron chi connectivity index (χ4n) is 2.96. The fraction of sp³-hybridized carbons (Fsp3) is 0.368. The lowest BCUT2D eigenvalue weighted by atomic mass is 9.99. The lowest BCUT2D eigenvalue weighted by molar-refractivity contribution is 0.129. The summed E-state index contributed by atoms with van der Waals surface area (Å²) in [7, 11) is 0. The van der Waals surface area contributed by atoms with E-state index in [9.17, 15) is 14.3 Å². The van der Waals surface area contributed by atoms with E-state index < -0.39 is 5.82 Å². The van der Waals surface area contributed by atoms with Crippen LogP contribution in [0.15, 0.2) is 42.7 Å². The summed E-state index contributed by atoms with van der Waals surface area (Å²) in [6.45, 7) is 1.54. The van der Waals surface area contributed by atoms with Crippen molar-refractivity contribution in [2.45, 2.75) is 19.4 Å². The molecule has 0 unspecified atom stereocenters. The number of likely N-dealkylation sites (tertiary alicyclic amines) is 1. The number of aliphatic hydroxyl groups is 1. The van der Waals surface area contributed by atoms with Gasteiger partial charge in [-0.05, 0) is 48.6 Å². The molecule has 2 heterocycles. The highest BCUT2D eigenvalue weighted by Gasteiger charge is 2.22. The van der Waals surface area contributed by atoms with Crippen molar-refractivity contribution in [3.8, 4) is 11.5 Å². The number of nitrogens with one attached hydrogen (secondary N) is 1. The molecular weight excluding hydrogens is 337 g/mol. The number of rotatable bonds is 5. The van der Waals surface area contributed by atoms with Gasteiger partial charge in [-0.1, -0.05) is 6.07 Å². The van der Waals surface area contributed by atoms with Gasteiger partial charge in [-0.2, -0.15) is 0 Å². The summed E-state index contributed by atoms with van der Waals surface area (Å²) in [4.78, 5) is 17.8. The van der Waals surface area contributed by atoms with Crippen LogP contribution in [0, 0.1) is 11.7 Å². The number of nitrogens with zero attached hydrogens (tertiary/aromatic N) is 2. The van der Waals surface area contributed by atoms with E-state index in [-0.39, 0.29) is 30.9 Å². The van der Waals surface area contributed by atoms with Crippen LogP contribution in [0.2, 0.25) is 0 Å². The normalized spacial score (nSPS) is 17.0. The summed E-state index contributed by atoms with van der Waals surface area (Å²) in [5, 5.41) is 12.0.